The molecule has 1 unspecified atom stereocenters. The van der Waals surface area contributed by atoms with Gasteiger partial charge in [0.25, 0.3) is 0 Å². The monoisotopic (exact) mass is 513 g/mol. The summed E-state index contributed by atoms with van der Waals surface area (Å²) in [5, 5.41) is 5.77. The van der Waals surface area contributed by atoms with Crippen LogP contribution in [0.5, 0.6) is 0 Å². The normalized spacial score (nSPS) is 12.6. The number of hydrogen-bond acceptors (Lipinski definition) is 2. The van der Waals surface area contributed by atoms with Crippen LogP contribution in [0.25, 0.3) is 0 Å². The minimum atomic E-state index is 0.235. The number of rotatable bonds is 5. The van der Waals surface area contributed by atoms with E-state index >= 15 is 0 Å². The zero-order valence-electron chi connectivity index (χ0n) is 10.4. The van der Waals surface area contributed by atoms with Gasteiger partial charge in [0, 0.05) is 17.4 Å². The van der Waals surface area contributed by atoms with Gasteiger partial charge in [-0.25, -0.2) is 0 Å². The molecule has 0 aliphatic heterocycles. The van der Waals surface area contributed by atoms with Crippen LogP contribution in [-0.4, -0.2) is 6.54 Å². The summed E-state index contributed by atoms with van der Waals surface area (Å²) >= 11 is 11.5. The highest BCUT2D eigenvalue weighted by molar-refractivity contribution is 14.1. The lowest BCUT2D eigenvalue weighted by Gasteiger charge is -2.20. The molecule has 0 radical (unpaired) electrons. The lowest BCUT2D eigenvalue weighted by Crippen LogP contribution is -2.23. The van der Waals surface area contributed by atoms with Crippen LogP contribution < -0.4 is 5.32 Å². The van der Waals surface area contributed by atoms with Crippen LogP contribution in [0, 0.1) is 3.57 Å². The average molecular weight is 515 g/mol. The van der Waals surface area contributed by atoms with Crippen LogP contribution in [0.4, 0.5) is 0 Å². The van der Waals surface area contributed by atoms with Gasteiger partial charge in [-0.2, -0.15) is 0 Å². The number of nitrogens with one attached hydrogen (secondary N) is 1. The third kappa shape index (κ3) is 4.03. The fourth-order valence-corrected chi connectivity index (χ4v) is 4.56. The van der Waals surface area contributed by atoms with Crippen LogP contribution in [0.15, 0.2) is 38.6 Å². The summed E-state index contributed by atoms with van der Waals surface area (Å²) in [4.78, 5) is 1.33. The van der Waals surface area contributed by atoms with E-state index in [1.165, 1.54) is 18.5 Å². The highest BCUT2D eigenvalue weighted by Crippen LogP contribution is 2.36. The molecule has 0 amide bonds. The highest BCUT2D eigenvalue weighted by atomic mass is 127. The summed E-state index contributed by atoms with van der Waals surface area (Å²) in [6, 6.07) is 8.83. The third-order valence-corrected chi connectivity index (χ3v) is 6.10. The van der Waals surface area contributed by atoms with Gasteiger partial charge < -0.3 is 5.32 Å². The van der Waals surface area contributed by atoms with Crippen molar-refractivity contribution in [2.24, 2.45) is 0 Å². The lowest BCUT2D eigenvalue weighted by molar-refractivity contribution is 0.602. The molecular weight excluding hydrogens is 501 g/mol. The Morgan fingerprint density at radius 2 is 2.05 bits per heavy atom. The van der Waals surface area contributed by atoms with Crippen LogP contribution in [0.1, 0.15) is 29.8 Å². The zero-order valence-corrected chi connectivity index (χ0v) is 16.6. The van der Waals surface area contributed by atoms with Crippen molar-refractivity contribution >= 4 is 65.8 Å². The van der Waals surface area contributed by atoms with Crippen molar-refractivity contribution in [3.8, 4) is 0 Å². The first-order valence-electron chi connectivity index (χ1n) is 6.04. The van der Waals surface area contributed by atoms with Crippen molar-refractivity contribution in [2.75, 3.05) is 6.54 Å². The van der Waals surface area contributed by atoms with Gasteiger partial charge in [0.2, 0.25) is 0 Å². The lowest BCUT2D eigenvalue weighted by atomic mass is 10.1. The van der Waals surface area contributed by atoms with Crippen LogP contribution in [0.2, 0.25) is 0 Å². The van der Waals surface area contributed by atoms with Gasteiger partial charge >= 0.3 is 0 Å². The average Bonchev–Trinajstić information content (AvgIpc) is 2.80. The minimum absolute atomic E-state index is 0.235. The molecular formula is C14H14Br2INS. The van der Waals surface area contributed by atoms with E-state index in [0.29, 0.717) is 0 Å². The smallest absolute Gasteiger partial charge is 0.0693 e. The Bertz CT molecular complexity index is 556. The largest absolute Gasteiger partial charge is 0.306 e. The molecule has 0 aliphatic carbocycles. The van der Waals surface area contributed by atoms with Crippen molar-refractivity contribution in [3.63, 3.8) is 0 Å². The Morgan fingerprint density at radius 3 is 2.68 bits per heavy atom. The first kappa shape index (κ1) is 15.9. The van der Waals surface area contributed by atoms with E-state index in [9.17, 15) is 0 Å². The summed E-state index contributed by atoms with van der Waals surface area (Å²) in [6.07, 6.45) is 1.13. The Hall–Kier alpha value is 0.570. The predicted octanol–water partition coefficient (Wildman–Crippen LogP) is 5.97. The van der Waals surface area contributed by atoms with Gasteiger partial charge in [-0.1, -0.05) is 22.9 Å². The van der Waals surface area contributed by atoms with Gasteiger partial charge in [-0.05, 0) is 86.7 Å². The fourth-order valence-electron chi connectivity index (χ4n) is 1.88. The van der Waals surface area contributed by atoms with E-state index in [-0.39, 0.29) is 6.04 Å². The third-order valence-electron chi connectivity index (χ3n) is 2.77. The molecule has 0 fully saturated rings. The Morgan fingerprint density at radius 1 is 1.26 bits per heavy atom. The molecule has 1 heterocycles. The molecule has 1 N–H and O–H groups in total. The maximum absolute atomic E-state index is 3.68. The van der Waals surface area contributed by atoms with Gasteiger partial charge in [0.1, 0.15) is 0 Å². The molecule has 1 aromatic heterocycles. The second kappa shape index (κ2) is 7.54. The van der Waals surface area contributed by atoms with E-state index in [2.05, 4.69) is 96.3 Å². The number of thiophene rings is 1. The highest BCUT2D eigenvalue weighted by Gasteiger charge is 2.20. The summed E-state index contributed by atoms with van der Waals surface area (Å²) in [5.41, 5.74) is 1.29. The molecule has 0 bridgehead atoms. The molecule has 1 aromatic carbocycles. The molecule has 19 heavy (non-hydrogen) atoms. The molecule has 2 rings (SSSR count). The molecule has 0 spiro atoms. The number of benzene rings is 1. The standard InChI is InChI=1S/C14H14Br2INS/c1-2-6-18-13(14-12(16)5-7-19-14)10-8-9(17)3-4-11(10)15/h3-5,7-8,13,18H,2,6H2,1H3. The van der Waals surface area contributed by atoms with E-state index in [0.717, 1.165) is 17.4 Å². The van der Waals surface area contributed by atoms with Crippen molar-refractivity contribution in [1.29, 1.82) is 0 Å². The summed E-state index contributed by atoms with van der Waals surface area (Å²) < 4.78 is 3.59. The molecule has 0 aliphatic rings. The molecule has 0 saturated heterocycles. The van der Waals surface area contributed by atoms with Crippen molar-refractivity contribution < 1.29 is 0 Å². The molecule has 5 heteroatoms. The maximum Gasteiger partial charge on any atom is 0.0693 e. The quantitative estimate of drug-likeness (QED) is 0.485. The SMILES string of the molecule is CCCNC(c1cc(I)ccc1Br)c1sccc1Br. The van der Waals surface area contributed by atoms with Gasteiger partial charge in [-0.15, -0.1) is 11.3 Å². The van der Waals surface area contributed by atoms with E-state index < -0.39 is 0 Å². The topological polar surface area (TPSA) is 12.0 Å². The van der Waals surface area contributed by atoms with Gasteiger partial charge in [0.15, 0.2) is 0 Å². The fraction of sp³-hybridized carbons (Fsp3) is 0.286. The van der Waals surface area contributed by atoms with Gasteiger partial charge in [-0.3, -0.25) is 0 Å². The summed E-state index contributed by atoms with van der Waals surface area (Å²) in [5.74, 6) is 0. The van der Waals surface area contributed by atoms with Crippen molar-refractivity contribution in [1.82, 2.24) is 5.32 Å². The Kier molecular flexibility index (Phi) is 6.33. The first-order valence-corrected chi connectivity index (χ1v) is 9.59. The van der Waals surface area contributed by atoms with E-state index in [1.807, 2.05) is 0 Å². The van der Waals surface area contributed by atoms with Crippen molar-refractivity contribution in [3.05, 3.63) is 52.6 Å². The Labute approximate surface area is 148 Å². The van der Waals surface area contributed by atoms with Crippen LogP contribution in [0.3, 0.4) is 0 Å². The number of halogens is 3. The molecule has 1 atom stereocenters. The van der Waals surface area contributed by atoms with Crippen LogP contribution in [-0.2, 0) is 0 Å². The Balaban J connectivity index is 2.42. The summed E-state index contributed by atoms with van der Waals surface area (Å²) in [6.45, 7) is 3.20. The van der Waals surface area contributed by atoms with E-state index in [1.54, 1.807) is 11.3 Å². The van der Waals surface area contributed by atoms with E-state index in [4.69, 9.17) is 0 Å². The second-order valence-electron chi connectivity index (χ2n) is 4.19. The van der Waals surface area contributed by atoms with Crippen molar-refractivity contribution in [2.45, 2.75) is 19.4 Å². The second-order valence-corrected chi connectivity index (χ2v) is 8.09. The molecule has 0 saturated carbocycles. The maximum atomic E-state index is 3.68. The number of hydrogen-bond donors (Lipinski definition) is 1. The summed E-state index contributed by atoms with van der Waals surface area (Å²) in [7, 11) is 0. The van der Waals surface area contributed by atoms with Crippen LogP contribution >= 0.6 is 65.8 Å². The molecule has 102 valence electrons. The van der Waals surface area contributed by atoms with Gasteiger partial charge in [0.05, 0.1) is 6.04 Å². The predicted molar refractivity (Wildman–Crippen MR) is 99.0 cm³/mol. The zero-order chi connectivity index (χ0) is 13.8. The molecule has 2 aromatic rings. The minimum Gasteiger partial charge on any atom is -0.306 e. The first-order chi connectivity index (χ1) is 9.13. The molecule has 1 nitrogen and oxygen atoms in total.